The first-order chi connectivity index (χ1) is 14.1. The lowest BCUT2D eigenvalue weighted by molar-refractivity contribution is 3.25. The molecule has 0 aromatic carbocycles. The van der Waals surface area contributed by atoms with Gasteiger partial charge in [0, 0.05) is 96.5 Å². The van der Waals surface area contributed by atoms with Crippen LogP contribution in [0.5, 0.6) is 0 Å². The van der Waals surface area contributed by atoms with E-state index in [1.54, 1.807) is 0 Å². The van der Waals surface area contributed by atoms with Gasteiger partial charge < -0.3 is 0 Å². The quantitative estimate of drug-likeness (QED) is 0.267. The largest absolute Gasteiger partial charge is 0.0594 e. The van der Waals surface area contributed by atoms with Crippen molar-refractivity contribution < 1.29 is 0 Å². The molecule has 31 heteroatoms. The summed E-state index contributed by atoms with van der Waals surface area (Å²) in [5.41, 5.74) is 0. The lowest BCUT2D eigenvalue weighted by Crippen LogP contribution is -2.89. The van der Waals surface area contributed by atoms with E-state index in [1.807, 2.05) is 0 Å². The Hall–Kier alpha value is 2.01. The first-order valence-electron chi connectivity index (χ1n) is 14.1. The van der Waals surface area contributed by atoms with Gasteiger partial charge in [0.15, 0.2) is 0 Å². The fraction of sp³-hybridized carbons (Fsp3) is 0. The Bertz CT molecular complexity index is 409. The maximum absolute atomic E-state index is 2.56. The van der Waals surface area contributed by atoms with E-state index in [0.29, 0.717) is 0 Å². The topological polar surface area (TPSA) is 0 Å². The van der Waals surface area contributed by atoms with E-state index >= 15 is 0 Å². The third-order valence-corrected chi connectivity index (χ3v) is 8.91. The molecule has 0 saturated carbocycles. The van der Waals surface area contributed by atoms with E-state index < -0.39 is 0 Å². The number of hydrogen-bond acceptors (Lipinski definition) is 0. The molecule has 0 amide bonds. The molecule has 0 aliphatic carbocycles. The molecule has 0 rings (SSSR count). The fourth-order valence-electron chi connectivity index (χ4n) is 8.27. The molecule has 0 unspecified atom stereocenters. The summed E-state index contributed by atoms with van der Waals surface area (Å²) >= 11 is 0. The maximum Gasteiger partial charge on any atom is 0.0594 e. The Morgan fingerprint density at radius 1 is 0.290 bits per heavy atom. The summed E-state index contributed by atoms with van der Waals surface area (Å²) in [6.07, 6.45) is 10.6. The second kappa shape index (κ2) is 15.2. The van der Waals surface area contributed by atoms with E-state index in [2.05, 4.69) is 124 Å². The third kappa shape index (κ3) is 9.19. The van der Waals surface area contributed by atoms with Gasteiger partial charge in [0.05, 0.1) is 124 Å². The average molecular weight is 368 g/mol. The Labute approximate surface area is 219 Å². The first-order valence-corrected chi connectivity index (χ1v) is 14.1. The van der Waals surface area contributed by atoms with Gasteiger partial charge in [0.25, 0.3) is 0 Å². The molecule has 0 aliphatic rings. The molecule has 31 heavy (non-hydrogen) atoms. The van der Waals surface area contributed by atoms with Gasteiger partial charge in [-0.2, -0.15) is 0 Å². The zero-order valence-electron chi connectivity index (χ0n) is 24.8. The standard InChI is InChI=1S/B31H33/c1-17-25(16)29(24(14)15)31(28(22(10)11)23(12)13)30(26(18(2)3)19(4)5)27(20(6)7)21(8)9/h17H,1-16H2. The minimum absolute atomic E-state index is 0.734. The zero-order chi connectivity index (χ0) is 24.8. The summed E-state index contributed by atoms with van der Waals surface area (Å²) in [6.45, 7) is 0. The summed E-state index contributed by atoms with van der Waals surface area (Å²) < 4.78 is 0. The van der Waals surface area contributed by atoms with E-state index in [-0.39, 0.29) is 0 Å². The zero-order valence-corrected chi connectivity index (χ0v) is 24.8. The molecule has 0 nitrogen and oxygen atoms in total. The highest BCUT2D eigenvalue weighted by molar-refractivity contribution is 8.28. The highest BCUT2D eigenvalue weighted by Crippen LogP contribution is 2.14. The average Bonchev–Trinajstić information content (AvgIpc) is 2.57. The molecule has 0 atom stereocenters. The normalized spacial score (nSPS) is 9.42. The van der Waals surface area contributed by atoms with Crippen LogP contribution in [0.15, 0.2) is 0 Å². The molecule has 0 fully saturated rings. The van der Waals surface area contributed by atoms with Gasteiger partial charge in [-0.25, -0.2) is 0 Å². The summed E-state index contributed by atoms with van der Waals surface area (Å²) in [5, 5.41) is 0. The van der Waals surface area contributed by atoms with Crippen molar-refractivity contribution in [2.24, 2.45) is 0 Å². The summed E-state index contributed by atoms with van der Waals surface area (Å²) in [4.78, 5) is 0. The Kier molecular flexibility index (Phi) is 16.2. The van der Waals surface area contributed by atoms with Gasteiger partial charge in [-0.15, -0.1) is 0 Å². The van der Waals surface area contributed by atoms with Crippen molar-refractivity contribution in [1.29, 1.82) is 0 Å². The third-order valence-electron chi connectivity index (χ3n) is 8.91. The summed E-state index contributed by atoms with van der Waals surface area (Å²) in [7, 11) is 41.5. The Morgan fingerprint density at radius 2 is 0.484 bits per heavy atom. The van der Waals surface area contributed by atoms with Crippen LogP contribution in [0.25, 0.3) is 0 Å². The van der Waals surface area contributed by atoms with Crippen molar-refractivity contribution in [1.82, 2.24) is 0 Å². The van der Waals surface area contributed by atoms with Gasteiger partial charge >= 0.3 is 0 Å². The molecule has 0 aromatic heterocycles. The van der Waals surface area contributed by atoms with Crippen molar-refractivity contribution in [3.05, 3.63) is 0 Å². The minimum atomic E-state index is 0.734. The molecular formula is H33B31. The van der Waals surface area contributed by atoms with Crippen LogP contribution in [-0.2, 0) is 0 Å². The maximum atomic E-state index is 2.56. The Morgan fingerprint density at radius 3 is 0.645 bits per heavy atom. The number of rotatable bonds is 14. The first kappa shape index (κ1) is 33.0. The van der Waals surface area contributed by atoms with Gasteiger partial charge in [-0.3, -0.25) is 0 Å². The van der Waals surface area contributed by atoms with Crippen molar-refractivity contribution in [2.75, 3.05) is 0 Å². The van der Waals surface area contributed by atoms with E-state index in [1.165, 1.54) is 7.06 Å². The second-order valence-corrected chi connectivity index (χ2v) is 13.6. The highest BCUT2D eigenvalue weighted by atomic mass is 13.3. The fourth-order valence-corrected chi connectivity index (χ4v) is 8.27. The van der Waals surface area contributed by atoms with E-state index in [0.717, 1.165) is 89.4 Å². The van der Waals surface area contributed by atoms with Crippen LogP contribution in [0.2, 0.25) is 0 Å². The molecule has 126 valence electrons. The lowest BCUT2D eigenvalue weighted by Gasteiger charge is -2.49. The molecule has 0 heterocycles. The van der Waals surface area contributed by atoms with Gasteiger partial charge in [0.2, 0.25) is 0 Å². The van der Waals surface area contributed by atoms with Gasteiger partial charge in [-0.05, 0) is 0 Å². The van der Waals surface area contributed by atoms with E-state index in [9.17, 15) is 0 Å². The van der Waals surface area contributed by atoms with Crippen LogP contribution < -0.4 is 0 Å². The molecule has 0 aliphatic heterocycles. The molecule has 0 aromatic rings. The Balaban J connectivity index is 7.23. The molecule has 0 N–H and O–H groups in total. The SMILES string of the molecule is BBB(B)B(B(B)B)B(B(B(B)B)B(B)B)B(B(B(B)B)B(B)B)B(B(B)B)B(B)B. The van der Waals surface area contributed by atoms with Gasteiger partial charge in [-0.1, -0.05) is 0 Å². The molecule has 0 spiro atoms. The van der Waals surface area contributed by atoms with Crippen molar-refractivity contribution in [3.63, 3.8) is 0 Å². The van der Waals surface area contributed by atoms with Crippen LogP contribution in [-0.4, -0.2) is 220 Å². The van der Waals surface area contributed by atoms with Gasteiger partial charge in [0.1, 0.15) is 0 Å². The van der Waals surface area contributed by atoms with Crippen LogP contribution in [0.4, 0.5) is 0 Å². The molecule has 0 bridgehead atoms. The summed E-state index contributed by atoms with van der Waals surface area (Å²) in [6, 6.07) is 0. The smallest absolute Gasteiger partial charge is 0.000211 e. The van der Waals surface area contributed by atoms with Crippen molar-refractivity contribution in [3.8, 4) is 0 Å². The predicted molar refractivity (Wildman–Crippen MR) is 224 cm³/mol. The van der Waals surface area contributed by atoms with Crippen molar-refractivity contribution >= 4 is 220 Å². The van der Waals surface area contributed by atoms with Crippen LogP contribution >= 0.6 is 0 Å². The second-order valence-electron chi connectivity index (χ2n) is 13.6. The molecule has 0 saturated heterocycles. The van der Waals surface area contributed by atoms with Crippen molar-refractivity contribution in [2.45, 2.75) is 0 Å². The van der Waals surface area contributed by atoms with Crippen LogP contribution in [0.3, 0.4) is 0 Å². The van der Waals surface area contributed by atoms with Crippen LogP contribution in [0, 0.1) is 0 Å². The monoisotopic (exact) mass is 375 g/mol. The molecule has 0 radical (unpaired) electrons. The van der Waals surface area contributed by atoms with Crippen LogP contribution in [0.1, 0.15) is 0 Å². The minimum Gasteiger partial charge on any atom is 0.000211 e. The highest BCUT2D eigenvalue weighted by Gasteiger charge is 2.53. The summed E-state index contributed by atoms with van der Waals surface area (Å²) in [5.74, 6) is 0. The van der Waals surface area contributed by atoms with E-state index in [4.69, 9.17) is 0 Å². The lowest BCUT2D eigenvalue weighted by atomic mass is 8.31. The molecular weight excluding hydrogens is 335 g/mol. The predicted octanol–water partition coefficient (Wildman–Crippen LogP) is -20.6. The number of hydrogen-bond donors (Lipinski definition) is 0.